The van der Waals surface area contributed by atoms with Crippen molar-refractivity contribution in [3.05, 3.63) is 80.7 Å². The molecule has 2 heterocycles. The number of phenols is 1. The molecule has 0 radical (unpaired) electrons. The summed E-state index contributed by atoms with van der Waals surface area (Å²) in [4.78, 5) is 55.1. The Morgan fingerprint density at radius 1 is 1.09 bits per heavy atom. The highest BCUT2D eigenvalue weighted by molar-refractivity contribution is 7.18. The van der Waals surface area contributed by atoms with Crippen molar-refractivity contribution >= 4 is 51.8 Å². The molecule has 0 bridgehead atoms. The van der Waals surface area contributed by atoms with Crippen molar-refractivity contribution in [2.45, 2.75) is 58.7 Å². The molecule has 13 heteroatoms. The molecule has 1 fully saturated rings. The summed E-state index contributed by atoms with van der Waals surface area (Å²) in [5, 5.41) is 13.4. The van der Waals surface area contributed by atoms with E-state index < -0.39 is 36.0 Å². The van der Waals surface area contributed by atoms with Crippen LogP contribution < -0.4 is 11.1 Å². The van der Waals surface area contributed by atoms with Gasteiger partial charge in [-0.1, -0.05) is 35.9 Å². The van der Waals surface area contributed by atoms with Crippen LogP contribution in [0.1, 0.15) is 63.4 Å². The monoisotopic (exact) mass is 685 g/mol. The lowest BCUT2D eigenvalue weighted by Gasteiger charge is -2.46. The number of nitrogens with one attached hydrogen (secondary N) is 1. The number of carbonyl (C=O) groups excluding carboxylic acids is 4. The van der Waals surface area contributed by atoms with E-state index in [0.717, 1.165) is 29.9 Å². The minimum atomic E-state index is -1.07. The van der Waals surface area contributed by atoms with E-state index in [9.17, 15) is 24.3 Å². The van der Waals surface area contributed by atoms with Gasteiger partial charge in [-0.2, -0.15) is 0 Å². The average Bonchev–Trinajstić information content (AvgIpc) is 3.33. The number of primary amides is 1. The number of likely N-dealkylation sites (N-methyl/N-ethyl adjacent to an activating group) is 1. The summed E-state index contributed by atoms with van der Waals surface area (Å²) in [5.74, 6) is -1.96. The van der Waals surface area contributed by atoms with Crippen LogP contribution in [0.25, 0.3) is 0 Å². The lowest BCUT2D eigenvalue weighted by atomic mass is 9.96. The molecule has 0 saturated carbocycles. The third kappa shape index (κ3) is 8.82. The fourth-order valence-electron chi connectivity index (χ4n) is 6.20. The Labute approximate surface area is 283 Å². The molecule has 0 aliphatic carbocycles. The fraction of sp³-hybridized carbons (Fsp3) is 0.412. The standard InChI is InChI=1S/C34H41ClN4O7S/c1-5-45-32(42)28-21(3)29(33(43)46-6-2)47-31(28)37-34(44)38(27(30(36)41)18-22-12-14-26(40)15-13-22)25-11-8-16-39(4,20-25)19-23-9-7-10-24(35)17-23/h7,9-10,12-15,17,25,27H,5-6,8,11,16,18-20H2,1-4H3,(H3-,36,37,40,41,42,43,44)/p+1/t25-,27+,39?/m1/s1. The number of amides is 3. The number of carbonyl (C=O) groups is 4. The van der Waals surface area contributed by atoms with E-state index in [4.69, 9.17) is 26.8 Å². The summed E-state index contributed by atoms with van der Waals surface area (Å²) >= 11 is 7.19. The van der Waals surface area contributed by atoms with Gasteiger partial charge in [0, 0.05) is 17.0 Å². The molecule has 4 rings (SSSR count). The van der Waals surface area contributed by atoms with Gasteiger partial charge in [-0.3, -0.25) is 10.1 Å². The molecule has 0 spiro atoms. The van der Waals surface area contributed by atoms with Crippen LogP contribution in [0, 0.1) is 6.92 Å². The van der Waals surface area contributed by atoms with Crippen LogP contribution in [0.5, 0.6) is 5.75 Å². The maximum Gasteiger partial charge on any atom is 0.348 e. The number of phenolic OH excluding ortho intramolecular Hbond substituents is 1. The fourth-order valence-corrected chi connectivity index (χ4v) is 7.49. The second kappa shape index (κ2) is 15.6. The van der Waals surface area contributed by atoms with Gasteiger partial charge in [-0.15, -0.1) is 11.3 Å². The molecule has 4 N–H and O–H groups in total. The zero-order valence-electron chi connectivity index (χ0n) is 27.1. The van der Waals surface area contributed by atoms with Crippen LogP contribution in [0.3, 0.4) is 0 Å². The van der Waals surface area contributed by atoms with Crippen molar-refractivity contribution in [2.75, 3.05) is 38.7 Å². The molecule has 2 aromatic carbocycles. The van der Waals surface area contributed by atoms with Crippen molar-refractivity contribution in [1.29, 1.82) is 0 Å². The molecule has 11 nitrogen and oxygen atoms in total. The van der Waals surface area contributed by atoms with Crippen molar-refractivity contribution in [1.82, 2.24) is 4.90 Å². The number of ether oxygens (including phenoxy) is 2. The highest BCUT2D eigenvalue weighted by Crippen LogP contribution is 2.36. The zero-order chi connectivity index (χ0) is 34.3. The second-order valence-electron chi connectivity index (χ2n) is 11.9. The lowest BCUT2D eigenvalue weighted by molar-refractivity contribution is -0.928. The predicted molar refractivity (Wildman–Crippen MR) is 181 cm³/mol. The molecule has 1 aliphatic rings. The van der Waals surface area contributed by atoms with Crippen LogP contribution in [0.2, 0.25) is 5.02 Å². The summed E-state index contributed by atoms with van der Waals surface area (Å²) in [6.45, 7) is 7.17. The van der Waals surface area contributed by atoms with E-state index >= 15 is 0 Å². The highest BCUT2D eigenvalue weighted by atomic mass is 35.5. The smallest absolute Gasteiger partial charge is 0.348 e. The number of thiophene rings is 1. The van der Waals surface area contributed by atoms with Gasteiger partial charge >= 0.3 is 18.0 Å². The Morgan fingerprint density at radius 2 is 1.77 bits per heavy atom. The predicted octanol–water partition coefficient (Wildman–Crippen LogP) is 5.51. The van der Waals surface area contributed by atoms with Gasteiger partial charge < -0.3 is 29.7 Å². The van der Waals surface area contributed by atoms with E-state index in [1.165, 1.54) is 17.0 Å². The number of rotatable bonds is 12. The molecular formula is C34H42ClN4O7S+. The summed E-state index contributed by atoms with van der Waals surface area (Å²) in [7, 11) is 2.11. The summed E-state index contributed by atoms with van der Waals surface area (Å²) in [5.41, 5.74) is 8.14. The topological polar surface area (TPSA) is 148 Å². The lowest BCUT2D eigenvalue weighted by Crippen LogP contribution is -2.62. The quantitative estimate of drug-likeness (QED) is 0.168. The van der Waals surface area contributed by atoms with Gasteiger partial charge in [0.1, 0.15) is 28.2 Å². The van der Waals surface area contributed by atoms with Crippen molar-refractivity contribution in [2.24, 2.45) is 5.73 Å². The Kier molecular flexibility index (Phi) is 11.9. The number of likely N-dealkylation sites (tertiary alicyclic amines) is 1. The molecule has 1 aliphatic heterocycles. The molecule has 47 heavy (non-hydrogen) atoms. The van der Waals surface area contributed by atoms with Crippen molar-refractivity contribution in [3.8, 4) is 5.75 Å². The highest BCUT2D eigenvalue weighted by Gasteiger charge is 2.42. The first-order chi connectivity index (χ1) is 22.4. The SMILES string of the molecule is CCOC(=O)c1sc(NC(=O)N([C@@H]2CCC[N+](C)(Cc3cccc(Cl)c3)C2)[C@@H](Cc2ccc(O)cc2)C(N)=O)c(C(=O)OCC)c1C. The summed E-state index contributed by atoms with van der Waals surface area (Å²) < 4.78 is 11.0. The molecule has 1 aromatic heterocycles. The number of hydrogen-bond donors (Lipinski definition) is 3. The van der Waals surface area contributed by atoms with E-state index in [1.54, 1.807) is 32.9 Å². The number of piperidine rings is 1. The first-order valence-electron chi connectivity index (χ1n) is 15.6. The van der Waals surface area contributed by atoms with Crippen LogP contribution in [-0.4, -0.2) is 83.8 Å². The first kappa shape index (κ1) is 35.7. The number of urea groups is 1. The second-order valence-corrected chi connectivity index (χ2v) is 13.4. The molecule has 1 unspecified atom stereocenters. The third-order valence-electron chi connectivity index (χ3n) is 8.31. The van der Waals surface area contributed by atoms with Crippen LogP contribution in [0.4, 0.5) is 9.80 Å². The summed E-state index contributed by atoms with van der Waals surface area (Å²) in [6, 6.07) is 11.9. The molecule has 3 amide bonds. The van der Waals surface area contributed by atoms with Crippen LogP contribution >= 0.6 is 22.9 Å². The average molecular weight is 686 g/mol. The third-order valence-corrected chi connectivity index (χ3v) is 9.73. The number of nitrogens with zero attached hydrogens (tertiary/aromatic N) is 2. The summed E-state index contributed by atoms with van der Waals surface area (Å²) in [6.07, 6.45) is 1.48. The minimum absolute atomic E-state index is 0.0487. The van der Waals surface area contributed by atoms with Crippen molar-refractivity contribution in [3.63, 3.8) is 0 Å². The number of quaternary nitrogens is 1. The van der Waals surface area contributed by atoms with E-state index in [-0.39, 0.29) is 40.8 Å². The number of benzene rings is 2. The Balaban J connectivity index is 1.74. The molecular weight excluding hydrogens is 644 g/mol. The number of anilines is 1. The number of hydrogen-bond acceptors (Lipinski definition) is 8. The van der Waals surface area contributed by atoms with Gasteiger partial charge in [0.05, 0.1) is 45.0 Å². The zero-order valence-corrected chi connectivity index (χ0v) is 28.7. The molecule has 252 valence electrons. The van der Waals surface area contributed by atoms with Gasteiger partial charge in [0.25, 0.3) is 0 Å². The Bertz CT molecular complexity index is 1610. The Hall–Kier alpha value is -4.13. The molecule has 3 atom stereocenters. The minimum Gasteiger partial charge on any atom is -0.508 e. The van der Waals surface area contributed by atoms with Crippen LogP contribution in [-0.2, 0) is 27.2 Å². The number of esters is 2. The van der Waals surface area contributed by atoms with E-state index in [0.29, 0.717) is 40.1 Å². The first-order valence-corrected chi connectivity index (χ1v) is 16.8. The van der Waals surface area contributed by atoms with Gasteiger partial charge in [-0.25, -0.2) is 14.4 Å². The molecule has 1 saturated heterocycles. The van der Waals surface area contributed by atoms with E-state index in [2.05, 4.69) is 12.4 Å². The van der Waals surface area contributed by atoms with Crippen molar-refractivity contribution < 1.29 is 38.2 Å². The van der Waals surface area contributed by atoms with Gasteiger partial charge in [-0.05, 0) is 69.0 Å². The Morgan fingerprint density at radius 3 is 2.40 bits per heavy atom. The maximum absolute atomic E-state index is 14.4. The van der Waals surface area contributed by atoms with Gasteiger partial charge in [0.15, 0.2) is 0 Å². The largest absolute Gasteiger partial charge is 0.508 e. The molecule has 3 aromatic rings. The maximum atomic E-state index is 14.4. The number of nitrogens with two attached hydrogens (primary N) is 1. The normalized spacial score (nSPS) is 18.2. The number of halogens is 1. The van der Waals surface area contributed by atoms with Crippen LogP contribution in [0.15, 0.2) is 48.5 Å². The number of aromatic hydroxyl groups is 1. The van der Waals surface area contributed by atoms with E-state index in [1.807, 2.05) is 24.3 Å². The van der Waals surface area contributed by atoms with Gasteiger partial charge in [0.2, 0.25) is 5.91 Å².